The Labute approximate surface area is 183 Å². The summed E-state index contributed by atoms with van der Waals surface area (Å²) in [5.74, 6) is 0.376. The van der Waals surface area contributed by atoms with Gasteiger partial charge in [0.2, 0.25) is 11.8 Å². The summed E-state index contributed by atoms with van der Waals surface area (Å²) in [5, 5.41) is 14.8. The van der Waals surface area contributed by atoms with Gasteiger partial charge in [0.05, 0.1) is 11.4 Å². The Morgan fingerprint density at radius 1 is 1.30 bits per heavy atom. The number of anilines is 1. The number of nitrogens with one attached hydrogen (secondary N) is 3. The molecule has 0 aliphatic heterocycles. The van der Waals surface area contributed by atoms with E-state index in [9.17, 15) is 9.59 Å². The van der Waals surface area contributed by atoms with Crippen molar-refractivity contribution in [3.63, 3.8) is 0 Å². The van der Waals surface area contributed by atoms with E-state index in [0.29, 0.717) is 29.4 Å². The van der Waals surface area contributed by atoms with Crippen LogP contribution in [0, 0.1) is 4.77 Å². The second kappa shape index (κ2) is 9.79. The molecular formula is C20H24N6O2S2. The van der Waals surface area contributed by atoms with E-state index in [4.69, 9.17) is 12.2 Å². The molecule has 0 aliphatic rings. The van der Waals surface area contributed by atoms with Crippen LogP contribution >= 0.6 is 23.6 Å². The lowest BCUT2D eigenvalue weighted by Crippen LogP contribution is -2.31. The Hall–Kier alpha value is -2.82. The number of thiophene rings is 1. The number of carbonyl (C=O) groups is 2. The number of hydrogen-bond donors (Lipinski definition) is 3. The Morgan fingerprint density at radius 3 is 2.80 bits per heavy atom. The number of hydrogen-bond acceptors (Lipinski definition) is 6. The highest BCUT2D eigenvalue weighted by Crippen LogP contribution is 2.25. The van der Waals surface area contributed by atoms with E-state index < -0.39 is 6.04 Å². The summed E-state index contributed by atoms with van der Waals surface area (Å²) in [5.41, 5.74) is 1.58. The largest absolute Gasteiger partial charge is 0.350 e. The van der Waals surface area contributed by atoms with Crippen LogP contribution in [-0.2, 0) is 16.1 Å². The number of benzene rings is 1. The average molecular weight is 445 g/mol. The molecule has 2 heterocycles. The first-order valence-electron chi connectivity index (χ1n) is 9.37. The molecule has 3 aromatic rings. The summed E-state index contributed by atoms with van der Waals surface area (Å²) in [4.78, 5) is 27.5. The Morgan fingerprint density at radius 2 is 2.10 bits per heavy atom. The van der Waals surface area contributed by atoms with Crippen molar-refractivity contribution in [2.75, 3.05) is 26.0 Å². The van der Waals surface area contributed by atoms with Gasteiger partial charge in [-0.25, -0.2) is 0 Å². The van der Waals surface area contributed by atoms with Crippen LogP contribution in [0.2, 0.25) is 0 Å². The average Bonchev–Trinajstić information content (AvgIpc) is 3.34. The molecule has 10 heteroatoms. The minimum atomic E-state index is -0.531. The first-order chi connectivity index (χ1) is 14.3. The van der Waals surface area contributed by atoms with Gasteiger partial charge < -0.3 is 15.5 Å². The molecule has 8 nitrogen and oxygen atoms in total. The van der Waals surface area contributed by atoms with Gasteiger partial charge in [0.15, 0.2) is 10.6 Å². The number of amides is 2. The lowest BCUT2D eigenvalue weighted by molar-refractivity contribution is -0.124. The zero-order valence-corrected chi connectivity index (χ0v) is 18.6. The van der Waals surface area contributed by atoms with Crippen molar-refractivity contribution in [2.24, 2.45) is 0 Å². The molecule has 30 heavy (non-hydrogen) atoms. The quantitative estimate of drug-likeness (QED) is 0.464. The molecule has 0 saturated heterocycles. The molecule has 1 unspecified atom stereocenters. The van der Waals surface area contributed by atoms with Gasteiger partial charge in [0.25, 0.3) is 0 Å². The lowest BCUT2D eigenvalue weighted by Gasteiger charge is -2.16. The second-order valence-electron chi connectivity index (χ2n) is 7.08. The smallest absolute Gasteiger partial charge is 0.243 e. The molecule has 0 saturated carbocycles. The molecule has 1 atom stereocenters. The number of likely N-dealkylation sites (N-methyl/N-ethyl adjacent to an activating group) is 1. The van der Waals surface area contributed by atoms with Gasteiger partial charge in [-0.1, -0.05) is 18.2 Å². The summed E-state index contributed by atoms with van der Waals surface area (Å²) in [6.45, 7) is 2.42. The second-order valence-corrected chi connectivity index (χ2v) is 8.41. The molecule has 3 rings (SSSR count). The zero-order valence-electron chi connectivity index (χ0n) is 17.0. The van der Waals surface area contributed by atoms with E-state index in [1.54, 1.807) is 16.4 Å². The number of nitrogens with zero attached hydrogens (tertiary/aromatic N) is 3. The zero-order chi connectivity index (χ0) is 21.7. The van der Waals surface area contributed by atoms with Crippen molar-refractivity contribution in [3.8, 4) is 10.7 Å². The molecule has 0 radical (unpaired) electrons. The van der Waals surface area contributed by atoms with Gasteiger partial charge in [-0.05, 0) is 62.4 Å². The Kier molecular flexibility index (Phi) is 7.14. The van der Waals surface area contributed by atoms with Crippen LogP contribution in [0.4, 0.5) is 5.69 Å². The monoisotopic (exact) mass is 444 g/mol. The lowest BCUT2D eigenvalue weighted by atomic mass is 10.2. The maximum atomic E-state index is 12.8. The molecule has 0 spiro atoms. The van der Waals surface area contributed by atoms with Gasteiger partial charge in [0.1, 0.15) is 6.04 Å². The van der Waals surface area contributed by atoms with E-state index in [0.717, 1.165) is 10.4 Å². The summed E-state index contributed by atoms with van der Waals surface area (Å²) in [6.07, 6.45) is 0. The molecule has 2 amide bonds. The summed E-state index contributed by atoms with van der Waals surface area (Å²) < 4.78 is 2.11. The van der Waals surface area contributed by atoms with Crippen LogP contribution in [-0.4, -0.2) is 52.1 Å². The van der Waals surface area contributed by atoms with E-state index in [-0.39, 0.29) is 11.8 Å². The van der Waals surface area contributed by atoms with Crippen molar-refractivity contribution in [3.05, 3.63) is 52.1 Å². The third-order valence-corrected chi connectivity index (χ3v) is 5.50. The SMILES string of the molecule is CC(C(=O)NCc1cccc(NC(=O)CN(C)C)c1)n1c(-c2cccs2)n[nH]c1=S. The van der Waals surface area contributed by atoms with Crippen LogP contribution in [0.1, 0.15) is 18.5 Å². The highest BCUT2D eigenvalue weighted by Gasteiger charge is 2.21. The fourth-order valence-electron chi connectivity index (χ4n) is 2.94. The minimum absolute atomic E-state index is 0.0924. The van der Waals surface area contributed by atoms with E-state index in [2.05, 4.69) is 20.8 Å². The third-order valence-electron chi connectivity index (χ3n) is 4.35. The van der Waals surface area contributed by atoms with E-state index in [1.807, 2.05) is 55.9 Å². The molecular weight excluding hydrogens is 420 g/mol. The third kappa shape index (κ3) is 5.41. The maximum Gasteiger partial charge on any atom is 0.243 e. The molecule has 0 aliphatic carbocycles. The van der Waals surface area contributed by atoms with Crippen LogP contribution < -0.4 is 10.6 Å². The topological polar surface area (TPSA) is 95.1 Å². The normalized spacial score (nSPS) is 12.0. The van der Waals surface area contributed by atoms with Crippen LogP contribution in [0.3, 0.4) is 0 Å². The summed E-state index contributed by atoms with van der Waals surface area (Å²) >= 11 is 6.87. The number of H-pyrrole nitrogens is 1. The number of rotatable bonds is 8. The fraction of sp³-hybridized carbons (Fsp3) is 0.300. The van der Waals surface area contributed by atoms with Crippen molar-refractivity contribution < 1.29 is 9.59 Å². The van der Waals surface area contributed by atoms with Crippen LogP contribution in [0.25, 0.3) is 10.7 Å². The van der Waals surface area contributed by atoms with E-state index >= 15 is 0 Å². The number of aromatic amines is 1. The first-order valence-corrected chi connectivity index (χ1v) is 10.7. The number of carbonyl (C=O) groups excluding carboxylic acids is 2. The van der Waals surface area contributed by atoms with E-state index in [1.165, 1.54) is 11.3 Å². The number of aromatic nitrogens is 3. The minimum Gasteiger partial charge on any atom is -0.350 e. The molecule has 0 fully saturated rings. The predicted molar refractivity (Wildman–Crippen MR) is 121 cm³/mol. The van der Waals surface area contributed by atoms with Crippen LogP contribution in [0.15, 0.2) is 41.8 Å². The summed E-state index contributed by atoms with van der Waals surface area (Å²) in [6, 6.07) is 10.7. The molecule has 0 bridgehead atoms. The Balaban J connectivity index is 1.65. The van der Waals surface area contributed by atoms with Gasteiger partial charge in [0, 0.05) is 12.2 Å². The van der Waals surface area contributed by atoms with Crippen molar-refractivity contribution in [1.82, 2.24) is 25.0 Å². The predicted octanol–water partition coefficient (Wildman–Crippen LogP) is 3.05. The Bertz CT molecular complexity index is 1070. The van der Waals surface area contributed by atoms with Crippen LogP contribution in [0.5, 0.6) is 0 Å². The van der Waals surface area contributed by atoms with Gasteiger partial charge in [-0.3, -0.25) is 19.3 Å². The summed E-state index contributed by atoms with van der Waals surface area (Å²) in [7, 11) is 3.67. The van der Waals surface area contributed by atoms with Crippen molar-refractivity contribution in [2.45, 2.75) is 19.5 Å². The van der Waals surface area contributed by atoms with Gasteiger partial charge in [-0.15, -0.1) is 11.3 Å². The molecule has 2 aromatic heterocycles. The standard InChI is InChI=1S/C20H24N6O2S2/c1-13(26-18(23-24-20(26)29)16-8-5-9-30-16)19(28)21-11-14-6-4-7-15(10-14)22-17(27)12-25(2)3/h4-10,13H,11-12H2,1-3H3,(H,21,28)(H,22,27)(H,24,29). The van der Waals surface area contributed by atoms with Crippen molar-refractivity contribution in [1.29, 1.82) is 0 Å². The first kappa shape index (κ1) is 21.9. The highest BCUT2D eigenvalue weighted by molar-refractivity contribution is 7.71. The molecule has 1 aromatic carbocycles. The van der Waals surface area contributed by atoms with Gasteiger partial charge in [-0.2, -0.15) is 5.10 Å². The fourth-order valence-corrected chi connectivity index (χ4v) is 3.95. The maximum absolute atomic E-state index is 12.8. The van der Waals surface area contributed by atoms with Crippen molar-refractivity contribution >= 4 is 41.1 Å². The molecule has 3 N–H and O–H groups in total. The van der Waals surface area contributed by atoms with Gasteiger partial charge >= 0.3 is 0 Å². The molecule has 158 valence electrons. The highest BCUT2D eigenvalue weighted by atomic mass is 32.1.